The molecule has 0 amide bonds. The lowest BCUT2D eigenvalue weighted by atomic mass is 10.2. The highest BCUT2D eigenvalue weighted by Gasteiger charge is 2.03. The quantitative estimate of drug-likeness (QED) is 0.738. The third-order valence-corrected chi connectivity index (χ3v) is 3.89. The van der Waals surface area contributed by atoms with Gasteiger partial charge < -0.3 is 14.8 Å². The lowest BCUT2D eigenvalue weighted by molar-refractivity contribution is 0.284. The van der Waals surface area contributed by atoms with Crippen LogP contribution in [0.5, 0.6) is 11.5 Å². The van der Waals surface area contributed by atoms with Gasteiger partial charge in [-0.15, -0.1) is 0 Å². The zero-order chi connectivity index (χ0) is 15.1. The van der Waals surface area contributed by atoms with E-state index in [1.54, 1.807) is 0 Å². The highest BCUT2D eigenvalue weighted by Crippen LogP contribution is 2.26. The van der Waals surface area contributed by atoms with Crippen LogP contribution in [0.4, 0.5) is 5.69 Å². The fraction of sp³-hybridized carbons (Fsp3) is 0.294. The highest BCUT2D eigenvalue weighted by atomic mass is 79.9. The molecule has 0 saturated carbocycles. The number of benzene rings is 2. The molecule has 2 aromatic rings. The van der Waals surface area contributed by atoms with Gasteiger partial charge in [0, 0.05) is 16.7 Å². The minimum Gasteiger partial charge on any atom is -0.490 e. The van der Waals surface area contributed by atoms with Crippen LogP contribution in [0.1, 0.15) is 12.5 Å². The number of hydrogen-bond acceptors (Lipinski definition) is 3. The van der Waals surface area contributed by atoms with Crippen molar-refractivity contribution in [1.29, 1.82) is 0 Å². The summed E-state index contributed by atoms with van der Waals surface area (Å²) in [5, 5.41) is 3.35. The normalized spacial score (nSPS) is 10.2. The van der Waals surface area contributed by atoms with Gasteiger partial charge in [-0.05, 0) is 49.7 Å². The number of anilines is 1. The number of hydrogen-bond donors (Lipinski definition) is 1. The summed E-state index contributed by atoms with van der Waals surface area (Å²) in [5.74, 6) is 1.58. The fourth-order valence-corrected chi connectivity index (χ4v) is 2.20. The molecule has 21 heavy (non-hydrogen) atoms. The molecule has 1 N–H and O–H groups in total. The summed E-state index contributed by atoms with van der Waals surface area (Å²) in [5.41, 5.74) is 2.31. The van der Waals surface area contributed by atoms with E-state index in [0.717, 1.165) is 28.2 Å². The summed E-state index contributed by atoms with van der Waals surface area (Å²) in [6.45, 7) is 6.00. The lowest BCUT2D eigenvalue weighted by Gasteiger charge is -2.12. The highest BCUT2D eigenvalue weighted by molar-refractivity contribution is 9.10. The van der Waals surface area contributed by atoms with E-state index in [1.807, 2.05) is 43.3 Å². The Bertz CT molecular complexity index is 587. The molecule has 0 unspecified atom stereocenters. The van der Waals surface area contributed by atoms with Crippen LogP contribution in [0.2, 0.25) is 0 Å². The predicted octanol–water partition coefficient (Wildman–Crippen LogP) is 4.65. The summed E-state index contributed by atoms with van der Waals surface area (Å²) >= 11 is 3.50. The minimum atomic E-state index is 0.583. The standard InChI is InChI=1S/C17H20BrNO2/c1-3-20-16-6-4-5-7-17(16)21-11-10-19-14-8-9-15(18)13(2)12-14/h4-9,12,19H,3,10-11H2,1-2H3. The topological polar surface area (TPSA) is 30.5 Å². The summed E-state index contributed by atoms with van der Waals surface area (Å²) in [6.07, 6.45) is 0. The van der Waals surface area contributed by atoms with Gasteiger partial charge in [0.2, 0.25) is 0 Å². The van der Waals surface area contributed by atoms with Gasteiger partial charge in [0.1, 0.15) is 6.61 Å². The molecule has 0 heterocycles. The Hall–Kier alpha value is -1.68. The van der Waals surface area contributed by atoms with Crippen molar-refractivity contribution in [2.45, 2.75) is 13.8 Å². The molecular weight excluding hydrogens is 330 g/mol. The Morgan fingerprint density at radius 2 is 1.76 bits per heavy atom. The van der Waals surface area contributed by atoms with E-state index in [2.05, 4.69) is 34.2 Å². The van der Waals surface area contributed by atoms with Gasteiger partial charge in [0.25, 0.3) is 0 Å². The van der Waals surface area contributed by atoms with Crippen LogP contribution in [0.25, 0.3) is 0 Å². The molecule has 0 atom stereocenters. The van der Waals surface area contributed by atoms with Crippen LogP contribution in [0.3, 0.4) is 0 Å². The predicted molar refractivity (Wildman–Crippen MR) is 90.5 cm³/mol. The average molecular weight is 350 g/mol. The number of ether oxygens (including phenoxy) is 2. The van der Waals surface area contributed by atoms with Gasteiger partial charge in [0.15, 0.2) is 11.5 Å². The number of nitrogens with one attached hydrogen (secondary N) is 1. The van der Waals surface area contributed by atoms with E-state index in [0.29, 0.717) is 13.2 Å². The molecule has 3 nitrogen and oxygen atoms in total. The van der Waals surface area contributed by atoms with Gasteiger partial charge in [0.05, 0.1) is 6.61 Å². The Morgan fingerprint density at radius 3 is 2.43 bits per heavy atom. The van der Waals surface area contributed by atoms with Crippen LogP contribution < -0.4 is 14.8 Å². The molecular formula is C17H20BrNO2. The maximum atomic E-state index is 5.77. The van der Waals surface area contributed by atoms with Crippen molar-refractivity contribution in [1.82, 2.24) is 0 Å². The van der Waals surface area contributed by atoms with E-state index in [9.17, 15) is 0 Å². The SMILES string of the molecule is CCOc1ccccc1OCCNc1ccc(Br)c(C)c1. The van der Waals surface area contributed by atoms with Crippen molar-refractivity contribution in [2.75, 3.05) is 25.1 Å². The zero-order valence-corrected chi connectivity index (χ0v) is 13.9. The van der Waals surface area contributed by atoms with Gasteiger partial charge in [-0.2, -0.15) is 0 Å². The third-order valence-electron chi connectivity index (χ3n) is 3.00. The first-order valence-electron chi connectivity index (χ1n) is 7.05. The molecule has 0 aliphatic rings. The van der Waals surface area contributed by atoms with Crippen LogP contribution in [0, 0.1) is 6.92 Å². The summed E-state index contributed by atoms with van der Waals surface area (Å²) < 4.78 is 12.4. The molecule has 0 saturated heterocycles. The summed E-state index contributed by atoms with van der Waals surface area (Å²) in [4.78, 5) is 0. The van der Waals surface area contributed by atoms with Gasteiger partial charge in [-0.25, -0.2) is 0 Å². The van der Waals surface area contributed by atoms with Crippen molar-refractivity contribution in [3.63, 3.8) is 0 Å². The first kappa shape index (κ1) is 15.7. The second kappa shape index (κ2) is 7.93. The molecule has 2 aromatic carbocycles. The first-order valence-corrected chi connectivity index (χ1v) is 7.84. The monoisotopic (exact) mass is 349 g/mol. The smallest absolute Gasteiger partial charge is 0.161 e. The van der Waals surface area contributed by atoms with Crippen LogP contribution >= 0.6 is 15.9 Å². The zero-order valence-electron chi connectivity index (χ0n) is 12.4. The number of para-hydroxylation sites is 2. The second-order valence-corrected chi connectivity index (χ2v) is 5.47. The molecule has 4 heteroatoms. The third kappa shape index (κ3) is 4.67. The maximum Gasteiger partial charge on any atom is 0.161 e. The van der Waals surface area contributed by atoms with Crippen molar-refractivity contribution in [2.24, 2.45) is 0 Å². The van der Waals surface area contributed by atoms with Crippen molar-refractivity contribution in [3.05, 3.63) is 52.5 Å². The number of rotatable bonds is 7. The van der Waals surface area contributed by atoms with E-state index >= 15 is 0 Å². The van der Waals surface area contributed by atoms with Crippen molar-refractivity contribution in [3.8, 4) is 11.5 Å². The van der Waals surface area contributed by atoms with E-state index in [4.69, 9.17) is 9.47 Å². The van der Waals surface area contributed by atoms with E-state index in [1.165, 1.54) is 5.56 Å². The molecule has 0 spiro atoms. The van der Waals surface area contributed by atoms with E-state index < -0.39 is 0 Å². The van der Waals surface area contributed by atoms with Crippen molar-refractivity contribution < 1.29 is 9.47 Å². The first-order chi connectivity index (χ1) is 10.2. The molecule has 0 aromatic heterocycles. The molecule has 2 rings (SSSR count). The summed E-state index contributed by atoms with van der Waals surface area (Å²) in [6, 6.07) is 13.9. The molecule has 0 aliphatic heterocycles. The molecule has 0 bridgehead atoms. The average Bonchev–Trinajstić information content (AvgIpc) is 2.49. The molecule has 0 radical (unpaired) electrons. The largest absolute Gasteiger partial charge is 0.490 e. The van der Waals surface area contributed by atoms with Crippen molar-refractivity contribution >= 4 is 21.6 Å². The number of aryl methyl sites for hydroxylation is 1. The minimum absolute atomic E-state index is 0.583. The summed E-state index contributed by atoms with van der Waals surface area (Å²) in [7, 11) is 0. The lowest BCUT2D eigenvalue weighted by Crippen LogP contribution is -2.12. The second-order valence-electron chi connectivity index (χ2n) is 4.62. The van der Waals surface area contributed by atoms with Gasteiger partial charge in [-0.1, -0.05) is 28.1 Å². The molecule has 0 fully saturated rings. The van der Waals surface area contributed by atoms with Gasteiger partial charge in [-0.3, -0.25) is 0 Å². The Balaban J connectivity index is 1.83. The Labute approximate surface area is 134 Å². The fourth-order valence-electron chi connectivity index (χ4n) is 1.96. The van der Waals surface area contributed by atoms with Crippen LogP contribution in [-0.2, 0) is 0 Å². The van der Waals surface area contributed by atoms with Gasteiger partial charge >= 0.3 is 0 Å². The van der Waals surface area contributed by atoms with Crippen LogP contribution in [0.15, 0.2) is 46.9 Å². The molecule has 112 valence electrons. The number of halogens is 1. The Morgan fingerprint density at radius 1 is 1.05 bits per heavy atom. The van der Waals surface area contributed by atoms with Crippen LogP contribution in [-0.4, -0.2) is 19.8 Å². The molecule has 0 aliphatic carbocycles. The Kier molecular flexibility index (Phi) is 5.93. The van der Waals surface area contributed by atoms with E-state index in [-0.39, 0.29) is 0 Å². The maximum absolute atomic E-state index is 5.77.